The highest BCUT2D eigenvalue weighted by atomic mass is 16.4. The van der Waals surface area contributed by atoms with Crippen LogP contribution in [-0.2, 0) is 0 Å². The molecule has 0 atom stereocenters. The van der Waals surface area contributed by atoms with Crippen LogP contribution in [0.3, 0.4) is 0 Å². The summed E-state index contributed by atoms with van der Waals surface area (Å²) in [6.45, 7) is 2.04. The van der Waals surface area contributed by atoms with E-state index < -0.39 is 5.97 Å². The van der Waals surface area contributed by atoms with Crippen LogP contribution in [0.5, 0.6) is 0 Å². The van der Waals surface area contributed by atoms with Crippen molar-refractivity contribution in [2.45, 2.75) is 39.0 Å². The highest BCUT2D eigenvalue weighted by molar-refractivity contribution is 6.02. The van der Waals surface area contributed by atoms with Gasteiger partial charge in [-0.05, 0) is 25.3 Å². The molecule has 1 fully saturated rings. The van der Waals surface area contributed by atoms with Gasteiger partial charge in [-0.1, -0.05) is 19.8 Å². The van der Waals surface area contributed by atoms with Crippen molar-refractivity contribution in [1.82, 2.24) is 4.98 Å². The van der Waals surface area contributed by atoms with Gasteiger partial charge >= 0.3 is 5.97 Å². The van der Waals surface area contributed by atoms with Crippen LogP contribution in [0.1, 0.15) is 59.9 Å². The number of carbonyl (C=O) groups excluding carboxylic acids is 1. The number of rotatable bonds is 4. The van der Waals surface area contributed by atoms with Gasteiger partial charge in [-0.15, -0.1) is 0 Å². The summed E-state index contributed by atoms with van der Waals surface area (Å²) in [6.07, 6.45) is 6.39. The molecule has 1 aliphatic carbocycles. The fourth-order valence-electron chi connectivity index (χ4n) is 2.75. The van der Waals surface area contributed by atoms with E-state index >= 15 is 0 Å². The molecule has 4 heteroatoms. The lowest BCUT2D eigenvalue weighted by molar-refractivity contribution is 0.0691. The molecule has 0 bridgehead atoms. The van der Waals surface area contributed by atoms with Crippen molar-refractivity contribution in [2.24, 2.45) is 5.41 Å². The minimum atomic E-state index is -1.03. The maximum Gasteiger partial charge on any atom is 0.352 e. The van der Waals surface area contributed by atoms with Crippen molar-refractivity contribution < 1.29 is 14.7 Å². The molecule has 1 aliphatic rings. The van der Waals surface area contributed by atoms with Gasteiger partial charge in [0.1, 0.15) is 5.69 Å². The average Bonchev–Trinajstić information content (AvgIpc) is 2.98. The van der Waals surface area contributed by atoms with E-state index in [4.69, 9.17) is 5.11 Å². The van der Waals surface area contributed by atoms with Crippen molar-refractivity contribution in [1.29, 1.82) is 0 Å². The van der Waals surface area contributed by atoms with Crippen molar-refractivity contribution in [3.05, 3.63) is 23.5 Å². The maximum absolute atomic E-state index is 12.4. The third kappa shape index (κ3) is 1.99. The van der Waals surface area contributed by atoms with E-state index in [0.29, 0.717) is 5.56 Å². The molecule has 1 aromatic rings. The second-order valence-corrected chi connectivity index (χ2v) is 4.78. The summed E-state index contributed by atoms with van der Waals surface area (Å²) in [6, 6.07) is 1.44. The summed E-state index contributed by atoms with van der Waals surface area (Å²) in [4.78, 5) is 25.8. The first-order chi connectivity index (χ1) is 8.09. The highest BCUT2D eigenvalue weighted by Gasteiger charge is 2.39. The predicted octanol–water partition coefficient (Wildman–Crippen LogP) is 2.87. The number of ketones is 1. The van der Waals surface area contributed by atoms with E-state index in [2.05, 4.69) is 4.98 Å². The lowest BCUT2D eigenvalue weighted by atomic mass is 9.77. The van der Waals surface area contributed by atoms with E-state index in [9.17, 15) is 9.59 Å². The Morgan fingerprint density at radius 3 is 2.53 bits per heavy atom. The molecule has 2 rings (SSSR count). The van der Waals surface area contributed by atoms with E-state index in [1.807, 2.05) is 6.92 Å². The zero-order valence-corrected chi connectivity index (χ0v) is 9.95. The molecule has 0 amide bonds. The minimum absolute atomic E-state index is 0.0811. The summed E-state index contributed by atoms with van der Waals surface area (Å²) in [7, 11) is 0. The van der Waals surface area contributed by atoms with Crippen LogP contribution >= 0.6 is 0 Å². The lowest BCUT2D eigenvalue weighted by Gasteiger charge is -2.24. The van der Waals surface area contributed by atoms with Gasteiger partial charge in [-0.25, -0.2) is 4.79 Å². The first kappa shape index (κ1) is 11.9. The summed E-state index contributed by atoms with van der Waals surface area (Å²) >= 11 is 0. The third-order valence-corrected chi connectivity index (χ3v) is 3.89. The molecule has 0 radical (unpaired) electrons. The predicted molar refractivity (Wildman–Crippen MR) is 63.3 cm³/mol. The average molecular weight is 235 g/mol. The van der Waals surface area contributed by atoms with Crippen LogP contribution < -0.4 is 0 Å². The topological polar surface area (TPSA) is 70.2 Å². The number of carboxylic acids is 1. The van der Waals surface area contributed by atoms with Gasteiger partial charge < -0.3 is 10.1 Å². The first-order valence-electron chi connectivity index (χ1n) is 6.05. The number of carboxylic acid groups (broad SMARTS) is 1. The Bertz CT molecular complexity index is 441. The molecule has 2 N–H and O–H groups in total. The van der Waals surface area contributed by atoms with Crippen LogP contribution in [-0.4, -0.2) is 21.8 Å². The lowest BCUT2D eigenvalue weighted by Crippen LogP contribution is -2.27. The van der Waals surface area contributed by atoms with E-state index in [-0.39, 0.29) is 16.9 Å². The molecule has 1 saturated carbocycles. The van der Waals surface area contributed by atoms with Crippen molar-refractivity contribution >= 4 is 11.8 Å². The van der Waals surface area contributed by atoms with Gasteiger partial charge in [-0.2, -0.15) is 0 Å². The van der Waals surface area contributed by atoms with Crippen molar-refractivity contribution in [2.75, 3.05) is 0 Å². The first-order valence-corrected chi connectivity index (χ1v) is 6.05. The fourth-order valence-corrected chi connectivity index (χ4v) is 2.75. The number of H-pyrrole nitrogens is 1. The zero-order valence-electron chi connectivity index (χ0n) is 9.95. The number of hydrogen-bond acceptors (Lipinski definition) is 2. The number of carbonyl (C=O) groups is 2. The van der Waals surface area contributed by atoms with E-state index in [1.54, 1.807) is 0 Å². The monoisotopic (exact) mass is 235 g/mol. The summed E-state index contributed by atoms with van der Waals surface area (Å²) in [5.74, 6) is -0.928. The number of Topliss-reactive ketones (excluding diaryl/α,β-unsaturated/α-hetero) is 1. The molecular formula is C13H17NO3. The quantitative estimate of drug-likeness (QED) is 0.788. The van der Waals surface area contributed by atoms with Gasteiger partial charge in [0.05, 0.1) is 0 Å². The van der Waals surface area contributed by atoms with Gasteiger partial charge in [0.25, 0.3) is 0 Å². The number of aromatic carboxylic acids is 1. The molecule has 0 aliphatic heterocycles. The number of nitrogens with one attached hydrogen (secondary N) is 1. The second-order valence-electron chi connectivity index (χ2n) is 4.78. The molecule has 1 heterocycles. The number of aromatic nitrogens is 1. The number of aromatic amines is 1. The molecule has 4 nitrogen and oxygen atoms in total. The zero-order chi connectivity index (χ0) is 12.5. The van der Waals surface area contributed by atoms with Crippen LogP contribution in [0.4, 0.5) is 0 Å². The van der Waals surface area contributed by atoms with Gasteiger partial charge in [-0.3, -0.25) is 4.79 Å². The van der Waals surface area contributed by atoms with Crippen molar-refractivity contribution in [3.63, 3.8) is 0 Å². The fraction of sp³-hybridized carbons (Fsp3) is 0.538. The van der Waals surface area contributed by atoms with Gasteiger partial charge in [0.2, 0.25) is 0 Å². The van der Waals surface area contributed by atoms with E-state index in [0.717, 1.165) is 32.1 Å². The summed E-state index contributed by atoms with van der Waals surface area (Å²) in [5.41, 5.74) is 0.335. The molecule has 0 unspecified atom stereocenters. The Morgan fingerprint density at radius 2 is 2.06 bits per heavy atom. The Labute approximate surface area is 100 Å². The van der Waals surface area contributed by atoms with Crippen LogP contribution in [0.2, 0.25) is 0 Å². The van der Waals surface area contributed by atoms with Gasteiger partial charge in [0, 0.05) is 17.2 Å². The molecule has 0 saturated heterocycles. The standard InChI is InChI=1S/C13H17NO3/c1-2-13(5-3-4-6-13)11(15)9-7-10(12(16)17)14-8-9/h7-8,14H,2-6H2,1H3,(H,16,17). The summed E-state index contributed by atoms with van der Waals surface area (Å²) < 4.78 is 0. The van der Waals surface area contributed by atoms with Gasteiger partial charge in [0.15, 0.2) is 5.78 Å². The Kier molecular flexibility index (Phi) is 3.05. The van der Waals surface area contributed by atoms with Crippen LogP contribution in [0.15, 0.2) is 12.3 Å². The second kappa shape index (κ2) is 4.35. The molecule has 92 valence electrons. The largest absolute Gasteiger partial charge is 0.477 e. The Hall–Kier alpha value is -1.58. The Balaban J connectivity index is 2.26. The highest BCUT2D eigenvalue weighted by Crippen LogP contribution is 2.43. The third-order valence-electron chi connectivity index (χ3n) is 3.89. The van der Waals surface area contributed by atoms with Crippen LogP contribution in [0.25, 0.3) is 0 Å². The molecule has 1 aromatic heterocycles. The van der Waals surface area contributed by atoms with Crippen molar-refractivity contribution in [3.8, 4) is 0 Å². The Morgan fingerprint density at radius 1 is 1.41 bits per heavy atom. The van der Waals surface area contributed by atoms with E-state index in [1.165, 1.54) is 12.3 Å². The molecule has 17 heavy (non-hydrogen) atoms. The molecular weight excluding hydrogens is 218 g/mol. The number of hydrogen-bond donors (Lipinski definition) is 2. The maximum atomic E-state index is 12.4. The molecule has 0 spiro atoms. The normalized spacial score (nSPS) is 18.2. The smallest absolute Gasteiger partial charge is 0.352 e. The molecule has 0 aromatic carbocycles. The summed E-state index contributed by atoms with van der Waals surface area (Å²) in [5, 5.41) is 8.82. The van der Waals surface area contributed by atoms with Crippen LogP contribution in [0, 0.1) is 5.41 Å². The minimum Gasteiger partial charge on any atom is -0.477 e. The SMILES string of the molecule is CCC1(C(=O)c2c[nH]c(C(=O)O)c2)CCCC1.